The molecule has 14 nitrogen and oxygen atoms in total. The molecule has 0 rings (SSSR count). The summed E-state index contributed by atoms with van der Waals surface area (Å²) in [5, 5.41) is 36.4. The second kappa shape index (κ2) is 22.6. The Labute approximate surface area is 222 Å². The second-order valence-corrected chi connectivity index (χ2v) is 8.78. The Morgan fingerprint density at radius 2 is 1.37 bits per heavy atom. The first-order valence-electron chi connectivity index (χ1n) is 12.4. The van der Waals surface area contributed by atoms with Crippen LogP contribution in [0.1, 0.15) is 46.0 Å². The lowest BCUT2D eigenvalue weighted by atomic mass is 10.1. The zero-order valence-corrected chi connectivity index (χ0v) is 22.0. The zero-order chi connectivity index (χ0) is 28.8. The molecule has 14 heteroatoms. The number of carbonyl (C=O) groups is 4. The van der Waals surface area contributed by atoms with Crippen LogP contribution in [-0.4, -0.2) is 122 Å². The maximum absolute atomic E-state index is 12.1. The van der Waals surface area contributed by atoms with E-state index in [0.717, 1.165) is 0 Å². The predicted octanol–water partition coefficient (Wildman–Crippen LogP) is -1.13. The summed E-state index contributed by atoms with van der Waals surface area (Å²) in [6.07, 6.45) is -2.91. The van der Waals surface area contributed by atoms with E-state index in [1.165, 1.54) is 6.92 Å². The summed E-state index contributed by atoms with van der Waals surface area (Å²) in [7, 11) is 0. The predicted molar refractivity (Wildman–Crippen MR) is 128 cm³/mol. The number of unbranched alkanes of at least 4 members (excludes halogenated alkanes) is 1. The third-order valence-corrected chi connectivity index (χ3v) is 4.75. The van der Waals surface area contributed by atoms with Gasteiger partial charge in [0.05, 0.1) is 52.0 Å². The number of rotatable bonds is 24. The summed E-state index contributed by atoms with van der Waals surface area (Å²) in [4.78, 5) is 46.2. The largest absolute Gasteiger partial charge is 0.465 e. The Morgan fingerprint density at radius 1 is 0.763 bits per heavy atom. The van der Waals surface area contributed by atoms with Crippen LogP contribution in [0.25, 0.3) is 0 Å². The van der Waals surface area contributed by atoms with E-state index in [-0.39, 0.29) is 77.9 Å². The number of ether oxygens (including phenoxy) is 6. The van der Waals surface area contributed by atoms with E-state index in [1.807, 2.05) is 0 Å². The highest BCUT2D eigenvalue weighted by molar-refractivity contribution is 5.70. The monoisotopic (exact) mass is 554 g/mol. The molecule has 0 aliphatic carbocycles. The van der Waals surface area contributed by atoms with Gasteiger partial charge >= 0.3 is 17.9 Å². The molecule has 0 amide bonds. The molecule has 0 aliphatic heterocycles. The van der Waals surface area contributed by atoms with E-state index in [2.05, 4.69) is 0 Å². The highest BCUT2D eigenvalue weighted by Gasteiger charge is 2.20. The summed E-state index contributed by atoms with van der Waals surface area (Å²) >= 11 is 0. The lowest BCUT2D eigenvalue weighted by Crippen LogP contribution is -2.34. The van der Waals surface area contributed by atoms with Gasteiger partial charge in [-0.3, -0.25) is 19.2 Å². The fourth-order valence-electron chi connectivity index (χ4n) is 2.74. The van der Waals surface area contributed by atoms with E-state index in [1.54, 1.807) is 6.92 Å². The molecule has 0 fully saturated rings. The Kier molecular flexibility index (Phi) is 21.2. The van der Waals surface area contributed by atoms with Crippen molar-refractivity contribution < 1.29 is 68.0 Å². The third kappa shape index (κ3) is 20.7. The number of hydrogen-bond donors (Lipinski definition) is 4. The normalized spacial score (nSPS) is 15.0. The van der Waals surface area contributed by atoms with Gasteiger partial charge < -0.3 is 48.8 Å². The van der Waals surface area contributed by atoms with Gasteiger partial charge in [-0.2, -0.15) is 0 Å². The first kappa shape index (κ1) is 35.6. The maximum atomic E-state index is 12.1. The second-order valence-electron chi connectivity index (χ2n) is 8.78. The van der Waals surface area contributed by atoms with Crippen molar-refractivity contribution in [3.05, 3.63) is 0 Å². The topological polar surface area (TPSA) is 205 Å². The van der Waals surface area contributed by atoms with Gasteiger partial charge in [0, 0.05) is 18.9 Å². The Hall–Kier alpha value is -2.36. The molecular formula is C24H42O14. The first-order chi connectivity index (χ1) is 18.1. The van der Waals surface area contributed by atoms with Crippen molar-refractivity contribution in [3.8, 4) is 0 Å². The van der Waals surface area contributed by atoms with E-state index >= 15 is 0 Å². The molecule has 0 aromatic heterocycles. The molecule has 4 N–H and O–H groups in total. The average molecular weight is 555 g/mol. The highest BCUT2D eigenvalue weighted by atomic mass is 16.6. The number of hydrogen-bond acceptors (Lipinski definition) is 14. The van der Waals surface area contributed by atoms with Crippen LogP contribution in [0.5, 0.6) is 0 Å². The van der Waals surface area contributed by atoms with E-state index < -0.39 is 48.9 Å². The molecule has 0 radical (unpaired) electrons. The highest BCUT2D eigenvalue weighted by Crippen LogP contribution is 2.08. The minimum Gasteiger partial charge on any atom is -0.465 e. The van der Waals surface area contributed by atoms with Crippen LogP contribution in [0.2, 0.25) is 0 Å². The van der Waals surface area contributed by atoms with Crippen molar-refractivity contribution in [1.82, 2.24) is 0 Å². The SMILES string of the molecule is CC(O)CC(=O)OCC(COCC(COC(=O)CC(C)COC(=O)CCCCO)OC=O)OCC(O)CO. The van der Waals surface area contributed by atoms with Crippen LogP contribution in [0.3, 0.4) is 0 Å². The van der Waals surface area contributed by atoms with Crippen molar-refractivity contribution in [1.29, 1.82) is 0 Å². The van der Waals surface area contributed by atoms with Crippen molar-refractivity contribution in [2.75, 3.05) is 52.9 Å². The number of esters is 3. The molecular weight excluding hydrogens is 512 g/mol. The van der Waals surface area contributed by atoms with Gasteiger partial charge in [0.25, 0.3) is 6.47 Å². The first-order valence-corrected chi connectivity index (χ1v) is 12.4. The van der Waals surface area contributed by atoms with Crippen LogP contribution in [0.15, 0.2) is 0 Å². The van der Waals surface area contributed by atoms with Crippen molar-refractivity contribution in [2.24, 2.45) is 5.92 Å². The Balaban J connectivity index is 4.52. The van der Waals surface area contributed by atoms with Gasteiger partial charge in [0.1, 0.15) is 25.4 Å². The van der Waals surface area contributed by atoms with Crippen LogP contribution in [-0.2, 0) is 47.6 Å². The molecule has 38 heavy (non-hydrogen) atoms. The third-order valence-electron chi connectivity index (χ3n) is 4.75. The minimum absolute atomic E-state index is 0.00125. The summed E-state index contributed by atoms with van der Waals surface area (Å²) in [5.41, 5.74) is 0. The lowest BCUT2D eigenvalue weighted by molar-refractivity contribution is -0.159. The molecule has 5 atom stereocenters. The van der Waals surface area contributed by atoms with Gasteiger partial charge in [-0.05, 0) is 19.8 Å². The average Bonchev–Trinajstić information content (AvgIpc) is 2.86. The van der Waals surface area contributed by atoms with Crippen LogP contribution in [0, 0.1) is 5.92 Å². The smallest absolute Gasteiger partial charge is 0.308 e. The standard InChI is InChI=1S/C24H42O14/c1-17(10-35-22(30)5-3-4-6-25)7-23(31)36-15-21(38-16-27)13-33-12-20(34-11-19(29)9-26)14-37-24(32)8-18(2)28/h16-21,25-26,28-29H,3-15H2,1-2H3. The fraction of sp³-hybridized carbons (Fsp3) is 0.833. The fourth-order valence-corrected chi connectivity index (χ4v) is 2.74. The van der Waals surface area contributed by atoms with Gasteiger partial charge in [-0.1, -0.05) is 6.92 Å². The van der Waals surface area contributed by atoms with Crippen molar-refractivity contribution in [3.63, 3.8) is 0 Å². The number of aliphatic hydroxyl groups is 4. The van der Waals surface area contributed by atoms with E-state index in [0.29, 0.717) is 12.8 Å². The van der Waals surface area contributed by atoms with Gasteiger partial charge in [-0.25, -0.2) is 0 Å². The van der Waals surface area contributed by atoms with Crippen molar-refractivity contribution >= 4 is 24.4 Å². The molecule has 0 heterocycles. The number of carbonyl (C=O) groups excluding carboxylic acids is 4. The minimum atomic E-state index is -1.16. The van der Waals surface area contributed by atoms with Crippen molar-refractivity contribution in [2.45, 2.75) is 70.4 Å². The molecule has 0 aromatic rings. The molecule has 222 valence electrons. The van der Waals surface area contributed by atoms with E-state index in [4.69, 9.17) is 38.6 Å². The van der Waals surface area contributed by atoms with Crippen LogP contribution < -0.4 is 0 Å². The van der Waals surface area contributed by atoms with Gasteiger partial charge in [0.2, 0.25) is 0 Å². The Bertz CT molecular complexity index is 656. The summed E-state index contributed by atoms with van der Waals surface area (Å²) < 4.78 is 30.9. The maximum Gasteiger partial charge on any atom is 0.308 e. The zero-order valence-electron chi connectivity index (χ0n) is 22.0. The van der Waals surface area contributed by atoms with Gasteiger partial charge in [0.15, 0.2) is 6.10 Å². The van der Waals surface area contributed by atoms with Gasteiger partial charge in [-0.15, -0.1) is 0 Å². The molecule has 0 aliphatic rings. The summed E-state index contributed by atoms with van der Waals surface area (Å²) in [6.45, 7) is 1.60. The molecule has 0 bridgehead atoms. The summed E-state index contributed by atoms with van der Waals surface area (Å²) in [5.74, 6) is -2.00. The molecule has 0 saturated heterocycles. The molecule has 0 spiro atoms. The van der Waals surface area contributed by atoms with Crippen LogP contribution in [0.4, 0.5) is 0 Å². The molecule has 5 unspecified atom stereocenters. The summed E-state index contributed by atoms with van der Waals surface area (Å²) in [6, 6.07) is 0. The number of aliphatic hydroxyl groups excluding tert-OH is 4. The molecule has 0 saturated carbocycles. The quantitative estimate of drug-likeness (QED) is 0.0482. The Morgan fingerprint density at radius 3 is 1.97 bits per heavy atom. The lowest BCUT2D eigenvalue weighted by Gasteiger charge is -2.21. The molecule has 0 aromatic carbocycles. The van der Waals surface area contributed by atoms with E-state index in [9.17, 15) is 29.4 Å². The van der Waals surface area contributed by atoms with Crippen LogP contribution >= 0.6 is 0 Å².